The van der Waals surface area contributed by atoms with Crippen LogP contribution in [0, 0.1) is 0 Å². The molecule has 1 aliphatic heterocycles. The molecule has 0 aromatic heterocycles. The van der Waals surface area contributed by atoms with E-state index in [1.165, 1.54) is 0 Å². The fourth-order valence-corrected chi connectivity index (χ4v) is 4.64. The number of benzene rings is 1. The fraction of sp³-hybridized carbons (Fsp3) is 0.650. The van der Waals surface area contributed by atoms with Gasteiger partial charge in [-0.15, -0.1) is 0 Å². The minimum Gasteiger partial charge on any atom is -0.548 e. The Morgan fingerprint density at radius 1 is 1.34 bits per heavy atom. The third-order valence-electron chi connectivity index (χ3n) is 4.52. The minimum absolute atomic E-state index is 0.00471. The summed E-state index contributed by atoms with van der Waals surface area (Å²) in [6.45, 7) is 5.95. The Balaban J connectivity index is 2.07. The van der Waals surface area contributed by atoms with Crippen LogP contribution in [0.1, 0.15) is 51.5 Å². The predicted octanol–water partition coefficient (Wildman–Crippen LogP) is 1.20. The van der Waals surface area contributed by atoms with Gasteiger partial charge in [0.1, 0.15) is 17.1 Å². The third kappa shape index (κ3) is 7.83. The summed E-state index contributed by atoms with van der Waals surface area (Å²) in [5, 5.41) is 10.3. The lowest BCUT2D eigenvalue weighted by atomic mass is 9.85. The normalized spacial score (nSPS) is 18.0. The summed E-state index contributed by atoms with van der Waals surface area (Å²) in [5.41, 5.74) is 0.326. The lowest BCUT2D eigenvalue weighted by molar-refractivity contribution is -0.309. The van der Waals surface area contributed by atoms with Crippen molar-refractivity contribution in [3.05, 3.63) is 23.8 Å². The number of ether oxygens (including phenoxy) is 3. The van der Waals surface area contributed by atoms with Crippen LogP contribution in [0.4, 0.5) is 0 Å². The van der Waals surface area contributed by atoms with E-state index in [1.807, 2.05) is 32.0 Å². The summed E-state index contributed by atoms with van der Waals surface area (Å²) >= 11 is 0. The molecule has 8 nitrogen and oxygen atoms in total. The van der Waals surface area contributed by atoms with E-state index in [0.717, 1.165) is 18.4 Å². The van der Waals surface area contributed by atoms with Gasteiger partial charge in [-0.05, 0) is 44.9 Å². The van der Waals surface area contributed by atoms with E-state index in [9.17, 15) is 18.3 Å². The Morgan fingerprint density at radius 3 is 2.79 bits per heavy atom. The number of rotatable bonds is 12. The van der Waals surface area contributed by atoms with Crippen molar-refractivity contribution in [3.8, 4) is 11.5 Å². The number of carbonyl (C=O) groups excluding carboxylic acids is 1. The third-order valence-corrected chi connectivity index (χ3v) is 6.01. The highest BCUT2D eigenvalue weighted by Crippen LogP contribution is 2.42. The van der Waals surface area contributed by atoms with Crippen LogP contribution >= 0.6 is 0 Å². The highest BCUT2D eigenvalue weighted by atomic mass is 32.2. The molecule has 0 radical (unpaired) electrons. The van der Waals surface area contributed by atoms with Crippen molar-refractivity contribution in [2.45, 2.75) is 51.6 Å². The topological polar surface area (TPSA) is 114 Å². The summed E-state index contributed by atoms with van der Waals surface area (Å²) in [7, 11) is -3.60. The molecular weight excluding hydrogens is 398 g/mol. The van der Waals surface area contributed by atoms with Crippen LogP contribution in [0.25, 0.3) is 0 Å². The van der Waals surface area contributed by atoms with Gasteiger partial charge in [-0.25, -0.2) is 13.1 Å². The van der Waals surface area contributed by atoms with Gasteiger partial charge in [0.15, 0.2) is 0 Å². The monoisotopic (exact) mass is 428 g/mol. The summed E-state index contributed by atoms with van der Waals surface area (Å²) in [6.07, 6.45) is 2.52. The van der Waals surface area contributed by atoms with Gasteiger partial charge in [0.25, 0.3) is 0 Å². The van der Waals surface area contributed by atoms with Gasteiger partial charge in [-0.3, -0.25) is 0 Å². The van der Waals surface area contributed by atoms with Gasteiger partial charge in [0, 0.05) is 18.0 Å². The Morgan fingerprint density at radius 2 is 2.10 bits per heavy atom. The van der Waals surface area contributed by atoms with Crippen molar-refractivity contribution in [3.63, 3.8) is 0 Å². The zero-order valence-corrected chi connectivity index (χ0v) is 18.0. The molecular formula is C20H30NO7S-. The highest BCUT2D eigenvalue weighted by Gasteiger charge is 2.36. The van der Waals surface area contributed by atoms with E-state index in [4.69, 9.17) is 14.2 Å². The van der Waals surface area contributed by atoms with Gasteiger partial charge in [-0.2, -0.15) is 0 Å². The maximum absolute atomic E-state index is 12.5. The number of hydrogen-bond donors (Lipinski definition) is 1. The number of sulfonamides is 1. The number of aliphatic carboxylic acids is 1. The maximum Gasteiger partial charge on any atom is 0.212 e. The van der Waals surface area contributed by atoms with Crippen LogP contribution in [0.3, 0.4) is 0 Å². The minimum atomic E-state index is -3.60. The molecule has 0 saturated heterocycles. The van der Waals surface area contributed by atoms with Crippen LogP contribution < -0.4 is 19.3 Å². The molecule has 2 rings (SSSR count). The molecule has 29 heavy (non-hydrogen) atoms. The second kappa shape index (κ2) is 10.3. The first kappa shape index (κ1) is 23.4. The average Bonchev–Trinajstić information content (AvgIpc) is 2.60. The molecule has 1 atom stereocenters. The molecule has 1 aromatic rings. The Hall–Kier alpha value is -1.84. The van der Waals surface area contributed by atoms with Crippen molar-refractivity contribution < 1.29 is 32.5 Å². The van der Waals surface area contributed by atoms with E-state index >= 15 is 0 Å². The number of fused-ring (bicyclic) bond motifs is 1. The van der Waals surface area contributed by atoms with Crippen molar-refractivity contribution in [2.75, 3.05) is 32.1 Å². The summed E-state index contributed by atoms with van der Waals surface area (Å²) in [5.74, 6) is -0.338. The van der Waals surface area contributed by atoms with Crippen LogP contribution in [0.2, 0.25) is 0 Å². The largest absolute Gasteiger partial charge is 0.548 e. The number of unbranched alkanes of at least 4 members (excludes halogenated alkanes) is 1. The average molecular weight is 429 g/mol. The molecule has 1 N–H and O–H groups in total. The van der Waals surface area contributed by atoms with Crippen LogP contribution in [0.15, 0.2) is 18.2 Å². The zero-order chi connectivity index (χ0) is 21.5. The molecule has 9 heteroatoms. The van der Waals surface area contributed by atoms with E-state index in [-0.39, 0.29) is 24.8 Å². The molecule has 164 valence electrons. The molecule has 1 unspecified atom stereocenters. The van der Waals surface area contributed by atoms with Crippen LogP contribution in [-0.4, -0.2) is 52.1 Å². The Bertz CT molecular complexity index is 792. The first-order chi connectivity index (χ1) is 13.6. The molecule has 0 saturated carbocycles. The van der Waals surface area contributed by atoms with Gasteiger partial charge < -0.3 is 24.1 Å². The van der Waals surface area contributed by atoms with Crippen LogP contribution in [0.5, 0.6) is 11.5 Å². The zero-order valence-electron chi connectivity index (χ0n) is 17.2. The fourth-order valence-electron chi connectivity index (χ4n) is 3.30. The van der Waals surface area contributed by atoms with Crippen molar-refractivity contribution in [1.29, 1.82) is 0 Å². The van der Waals surface area contributed by atoms with E-state index in [0.29, 0.717) is 24.5 Å². The quantitative estimate of drug-likeness (QED) is 0.498. The number of carbonyl (C=O) groups is 1. The second-order valence-electron chi connectivity index (χ2n) is 7.76. The van der Waals surface area contributed by atoms with Crippen LogP contribution in [-0.2, 0) is 19.6 Å². The maximum atomic E-state index is 12.5. The molecule has 0 aliphatic carbocycles. The van der Waals surface area contributed by atoms with Gasteiger partial charge in [0.2, 0.25) is 10.0 Å². The molecule has 0 fully saturated rings. The van der Waals surface area contributed by atoms with Crippen molar-refractivity contribution >= 4 is 16.0 Å². The second-order valence-corrected chi connectivity index (χ2v) is 9.62. The molecule has 1 heterocycles. The molecule has 0 spiro atoms. The standard InChI is InChI=1S/C20H31NO7S/c1-4-5-9-27-16-6-7-18-17(11-16)15(12-20(2,3)28-18)14-29(24,25)21-8-10-26-13-19(22)23/h6-7,11,15,21H,4-5,8-10,12-14H2,1-3H3,(H,22,23)/p-1. The smallest absolute Gasteiger partial charge is 0.212 e. The van der Waals surface area contributed by atoms with Gasteiger partial charge in [-0.1, -0.05) is 13.3 Å². The molecule has 0 bridgehead atoms. The number of nitrogens with one attached hydrogen (secondary N) is 1. The van der Waals surface area contributed by atoms with E-state index in [2.05, 4.69) is 11.6 Å². The van der Waals surface area contributed by atoms with Gasteiger partial charge >= 0.3 is 0 Å². The highest BCUT2D eigenvalue weighted by molar-refractivity contribution is 7.89. The molecule has 1 aromatic carbocycles. The lowest BCUT2D eigenvalue weighted by Crippen LogP contribution is -2.39. The number of carboxylic acid groups (broad SMARTS) is 1. The lowest BCUT2D eigenvalue weighted by Gasteiger charge is -2.37. The number of hydrogen-bond acceptors (Lipinski definition) is 7. The Labute approximate surface area is 172 Å². The molecule has 0 amide bonds. The summed E-state index contributed by atoms with van der Waals surface area (Å²) in [6, 6.07) is 5.54. The van der Waals surface area contributed by atoms with E-state index in [1.54, 1.807) is 0 Å². The number of carboxylic acids is 1. The predicted molar refractivity (Wildman–Crippen MR) is 107 cm³/mol. The molecule has 1 aliphatic rings. The van der Waals surface area contributed by atoms with Gasteiger partial charge in [0.05, 0.1) is 31.5 Å². The summed E-state index contributed by atoms with van der Waals surface area (Å²) < 4.78 is 44.1. The first-order valence-electron chi connectivity index (χ1n) is 9.82. The summed E-state index contributed by atoms with van der Waals surface area (Å²) in [4.78, 5) is 10.3. The Kier molecular flexibility index (Phi) is 8.30. The van der Waals surface area contributed by atoms with Crippen molar-refractivity contribution in [1.82, 2.24) is 4.72 Å². The SMILES string of the molecule is CCCCOc1ccc2c(c1)C(CS(=O)(=O)NCCOCC(=O)[O-])CC(C)(C)O2. The van der Waals surface area contributed by atoms with E-state index < -0.39 is 28.2 Å². The van der Waals surface area contributed by atoms with Crippen molar-refractivity contribution in [2.24, 2.45) is 0 Å². The first-order valence-corrected chi connectivity index (χ1v) is 11.5.